The third-order valence-electron chi connectivity index (χ3n) is 5.89. The van der Waals surface area contributed by atoms with Crippen molar-refractivity contribution in [2.24, 2.45) is 17.3 Å². The van der Waals surface area contributed by atoms with Crippen LogP contribution in [0.25, 0.3) is 0 Å². The molecule has 21 heavy (non-hydrogen) atoms. The van der Waals surface area contributed by atoms with E-state index in [1.165, 1.54) is 0 Å². The van der Waals surface area contributed by atoms with Crippen molar-refractivity contribution in [1.82, 2.24) is 0 Å². The SMILES string of the molecule is CC1(C)O[C@H]2O[C@H]3[C@@H](CC[C@@]4(C)CCC(=O)OC[C@@H]34)[C@H]2O1. The lowest BCUT2D eigenvalue weighted by Crippen LogP contribution is -2.47. The Morgan fingerprint density at radius 1 is 1.10 bits per heavy atom. The van der Waals surface area contributed by atoms with Crippen molar-refractivity contribution in [2.75, 3.05) is 6.61 Å². The smallest absolute Gasteiger partial charge is 0.305 e. The first-order chi connectivity index (χ1) is 9.88. The summed E-state index contributed by atoms with van der Waals surface area (Å²) in [6, 6.07) is 0. The molecule has 5 heteroatoms. The number of carbonyl (C=O) groups is 1. The second-order valence-corrected chi connectivity index (χ2v) is 7.72. The van der Waals surface area contributed by atoms with Gasteiger partial charge in [-0.15, -0.1) is 0 Å². The molecule has 0 amide bonds. The van der Waals surface area contributed by atoms with E-state index in [0.717, 1.165) is 19.3 Å². The molecule has 1 aliphatic carbocycles. The first-order valence-electron chi connectivity index (χ1n) is 8.05. The number of carbonyl (C=O) groups excluding carboxylic acids is 1. The van der Waals surface area contributed by atoms with E-state index in [1.807, 2.05) is 13.8 Å². The largest absolute Gasteiger partial charge is 0.465 e. The summed E-state index contributed by atoms with van der Waals surface area (Å²) in [6.07, 6.45) is 3.44. The number of esters is 1. The summed E-state index contributed by atoms with van der Waals surface area (Å²) in [5.74, 6) is -0.0268. The molecule has 0 aromatic rings. The van der Waals surface area contributed by atoms with Gasteiger partial charge in [0.25, 0.3) is 0 Å². The molecule has 0 aromatic heterocycles. The van der Waals surface area contributed by atoms with E-state index in [2.05, 4.69) is 6.92 Å². The molecule has 4 rings (SSSR count). The van der Waals surface area contributed by atoms with Gasteiger partial charge in [-0.2, -0.15) is 0 Å². The van der Waals surface area contributed by atoms with Crippen LogP contribution in [0, 0.1) is 17.3 Å². The van der Waals surface area contributed by atoms with Crippen LogP contribution < -0.4 is 0 Å². The van der Waals surface area contributed by atoms with Gasteiger partial charge in [-0.25, -0.2) is 0 Å². The minimum atomic E-state index is -0.559. The van der Waals surface area contributed by atoms with Crippen molar-refractivity contribution < 1.29 is 23.7 Å². The van der Waals surface area contributed by atoms with Crippen molar-refractivity contribution in [2.45, 2.75) is 70.7 Å². The standard InChI is InChI=1S/C16H24O5/c1-15(2)20-13-9-4-6-16(3)7-5-11(17)18-8-10(16)12(9)19-14(13)21-15/h9-10,12-14H,4-8H2,1-3H3/t9-,10+,12+,13-,14-,16+/m1/s1. The van der Waals surface area contributed by atoms with Gasteiger partial charge in [0.2, 0.25) is 0 Å². The Bertz CT molecular complexity index is 462. The van der Waals surface area contributed by atoms with Gasteiger partial charge in [-0.1, -0.05) is 6.92 Å². The van der Waals surface area contributed by atoms with Crippen LogP contribution in [0.4, 0.5) is 0 Å². The normalized spacial score (nSPS) is 51.6. The topological polar surface area (TPSA) is 54.0 Å². The number of rotatable bonds is 0. The van der Waals surface area contributed by atoms with Gasteiger partial charge < -0.3 is 18.9 Å². The lowest BCUT2D eigenvalue weighted by Gasteiger charge is -2.46. The van der Waals surface area contributed by atoms with Gasteiger partial charge >= 0.3 is 5.97 Å². The summed E-state index contributed by atoms with van der Waals surface area (Å²) in [6.45, 7) is 6.62. The maximum atomic E-state index is 11.6. The highest BCUT2D eigenvalue weighted by molar-refractivity contribution is 5.69. The molecule has 4 fully saturated rings. The first-order valence-corrected chi connectivity index (χ1v) is 8.05. The van der Waals surface area contributed by atoms with Gasteiger partial charge in [0.15, 0.2) is 12.1 Å². The number of cyclic esters (lactones) is 1. The highest BCUT2D eigenvalue weighted by atomic mass is 16.8. The molecule has 118 valence electrons. The fraction of sp³-hybridized carbons (Fsp3) is 0.938. The van der Waals surface area contributed by atoms with Crippen molar-refractivity contribution in [3.05, 3.63) is 0 Å². The maximum Gasteiger partial charge on any atom is 0.305 e. The van der Waals surface area contributed by atoms with Crippen LogP contribution in [-0.2, 0) is 23.7 Å². The fourth-order valence-corrected chi connectivity index (χ4v) is 4.64. The van der Waals surface area contributed by atoms with Crippen LogP contribution in [0.15, 0.2) is 0 Å². The summed E-state index contributed by atoms with van der Waals surface area (Å²) in [5.41, 5.74) is 0.126. The van der Waals surface area contributed by atoms with Crippen molar-refractivity contribution >= 4 is 5.97 Å². The molecule has 0 unspecified atom stereocenters. The van der Waals surface area contributed by atoms with Crippen LogP contribution in [0.1, 0.15) is 46.5 Å². The third-order valence-corrected chi connectivity index (χ3v) is 5.89. The Balaban J connectivity index is 1.58. The Hall–Kier alpha value is -0.650. The van der Waals surface area contributed by atoms with Crippen molar-refractivity contribution in [1.29, 1.82) is 0 Å². The first kappa shape index (κ1) is 14.0. The minimum absolute atomic E-state index is 0.0218. The average Bonchev–Trinajstić information content (AvgIpc) is 2.81. The summed E-state index contributed by atoms with van der Waals surface area (Å²) in [7, 11) is 0. The van der Waals surface area contributed by atoms with Gasteiger partial charge in [0.05, 0.1) is 12.7 Å². The van der Waals surface area contributed by atoms with Gasteiger partial charge in [-0.3, -0.25) is 4.79 Å². The second kappa shape index (κ2) is 4.43. The monoisotopic (exact) mass is 296 g/mol. The second-order valence-electron chi connectivity index (χ2n) is 7.72. The highest BCUT2D eigenvalue weighted by Gasteiger charge is 2.61. The molecular formula is C16H24O5. The zero-order valence-electron chi connectivity index (χ0n) is 13.0. The predicted molar refractivity (Wildman–Crippen MR) is 73.2 cm³/mol. The van der Waals surface area contributed by atoms with E-state index in [-0.39, 0.29) is 35.8 Å². The Morgan fingerprint density at radius 3 is 2.71 bits per heavy atom. The lowest BCUT2D eigenvalue weighted by atomic mass is 9.61. The average molecular weight is 296 g/mol. The van der Waals surface area contributed by atoms with E-state index >= 15 is 0 Å². The minimum Gasteiger partial charge on any atom is -0.465 e. The molecule has 4 aliphatic rings. The zero-order chi connectivity index (χ0) is 14.8. The Labute approximate surface area is 125 Å². The number of hydrogen-bond donors (Lipinski definition) is 0. The molecular weight excluding hydrogens is 272 g/mol. The van der Waals surface area contributed by atoms with E-state index in [1.54, 1.807) is 0 Å². The number of ether oxygens (including phenoxy) is 4. The van der Waals surface area contributed by atoms with Crippen molar-refractivity contribution in [3.63, 3.8) is 0 Å². The van der Waals surface area contributed by atoms with Crippen LogP contribution in [0.2, 0.25) is 0 Å². The molecule has 0 N–H and O–H groups in total. The fourth-order valence-electron chi connectivity index (χ4n) is 4.64. The van der Waals surface area contributed by atoms with Crippen LogP contribution in [-0.4, -0.2) is 36.9 Å². The molecule has 5 nitrogen and oxygen atoms in total. The summed E-state index contributed by atoms with van der Waals surface area (Å²) < 4.78 is 23.5. The van der Waals surface area contributed by atoms with Gasteiger partial charge in [0, 0.05) is 18.3 Å². The molecule has 6 atom stereocenters. The molecule has 1 saturated carbocycles. The van der Waals surface area contributed by atoms with Crippen LogP contribution >= 0.6 is 0 Å². The molecule has 0 bridgehead atoms. The van der Waals surface area contributed by atoms with E-state index in [0.29, 0.717) is 18.9 Å². The van der Waals surface area contributed by atoms with E-state index < -0.39 is 5.79 Å². The maximum absolute atomic E-state index is 11.6. The van der Waals surface area contributed by atoms with Gasteiger partial charge in [-0.05, 0) is 38.5 Å². The summed E-state index contributed by atoms with van der Waals surface area (Å²) >= 11 is 0. The van der Waals surface area contributed by atoms with Crippen molar-refractivity contribution in [3.8, 4) is 0 Å². The molecule has 3 saturated heterocycles. The third kappa shape index (κ3) is 2.13. The van der Waals surface area contributed by atoms with E-state index in [9.17, 15) is 4.79 Å². The van der Waals surface area contributed by atoms with Gasteiger partial charge in [0.1, 0.15) is 6.10 Å². The molecule has 0 radical (unpaired) electrons. The van der Waals surface area contributed by atoms with Crippen LogP contribution in [0.5, 0.6) is 0 Å². The lowest BCUT2D eigenvalue weighted by molar-refractivity contribution is -0.228. The summed E-state index contributed by atoms with van der Waals surface area (Å²) in [4.78, 5) is 11.6. The molecule has 3 aliphatic heterocycles. The van der Waals surface area contributed by atoms with E-state index in [4.69, 9.17) is 18.9 Å². The van der Waals surface area contributed by atoms with Crippen LogP contribution in [0.3, 0.4) is 0 Å². The quantitative estimate of drug-likeness (QED) is 0.642. The Kier molecular flexibility index (Phi) is 2.95. The number of fused-ring (bicyclic) bond motifs is 5. The highest BCUT2D eigenvalue weighted by Crippen LogP contribution is 2.55. The molecule has 0 spiro atoms. The summed E-state index contributed by atoms with van der Waals surface area (Å²) in [5, 5.41) is 0. The zero-order valence-corrected chi connectivity index (χ0v) is 13.0. The predicted octanol–water partition coefficient (Wildman–Crippen LogP) is 2.23. The number of hydrogen-bond acceptors (Lipinski definition) is 5. The molecule has 0 aromatic carbocycles. The molecule has 3 heterocycles. The Morgan fingerprint density at radius 2 is 1.90 bits per heavy atom.